The molecule has 0 heterocycles. The maximum Gasteiger partial charge on any atom is 0.331 e. The van der Waals surface area contributed by atoms with Crippen LogP contribution in [0.5, 0.6) is 0 Å². The number of methoxy groups -OCH3 is 1. The molecule has 1 atom stereocenters. The Balaban J connectivity index is 3.81. The van der Waals surface area contributed by atoms with E-state index < -0.39 is 5.97 Å². The first-order chi connectivity index (χ1) is 6.11. The lowest BCUT2D eigenvalue weighted by molar-refractivity contribution is -0.135. The van der Waals surface area contributed by atoms with Gasteiger partial charge in [-0.25, -0.2) is 4.79 Å². The van der Waals surface area contributed by atoms with E-state index in [-0.39, 0.29) is 11.9 Å². The van der Waals surface area contributed by atoms with E-state index in [9.17, 15) is 9.59 Å². The highest BCUT2D eigenvalue weighted by Crippen LogP contribution is 1.82. The SMILES string of the molecule is CNC(=O)C(C)N/C=C/C(=O)OC. The van der Waals surface area contributed by atoms with E-state index in [4.69, 9.17) is 0 Å². The van der Waals surface area contributed by atoms with Crippen molar-refractivity contribution in [1.82, 2.24) is 10.6 Å². The normalized spacial score (nSPS) is 12.2. The van der Waals surface area contributed by atoms with Crippen molar-refractivity contribution in [1.29, 1.82) is 0 Å². The fourth-order valence-electron chi connectivity index (χ4n) is 0.621. The van der Waals surface area contributed by atoms with E-state index in [2.05, 4.69) is 15.4 Å². The monoisotopic (exact) mass is 186 g/mol. The lowest BCUT2D eigenvalue weighted by Crippen LogP contribution is -2.38. The van der Waals surface area contributed by atoms with Gasteiger partial charge >= 0.3 is 5.97 Å². The molecular formula is C8H14N2O3. The quantitative estimate of drug-likeness (QED) is 0.454. The van der Waals surface area contributed by atoms with E-state index in [0.29, 0.717) is 0 Å². The molecule has 0 aliphatic rings. The number of hydrogen-bond donors (Lipinski definition) is 2. The molecule has 0 aliphatic heterocycles. The number of hydrogen-bond acceptors (Lipinski definition) is 4. The maximum atomic E-state index is 10.9. The lowest BCUT2D eigenvalue weighted by Gasteiger charge is -2.08. The van der Waals surface area contributed by atoms with Crippen LogP contribution in [0.15, 0.2) is 12.3 Å². The van der Waals surface area contributed by atoms with E-state index in [0.717, 1.165) is 0 Å². The van der Waals surface area contributed by atoms with Crippen LogP contribution in [0.2, 0.25) is 0 Å². The molecule has 0 saturated heterocycles. The van der Waals surface area contributed by atoms with Crippen LogP contribution in [0.25, 0.3) is 0 Å². The van der Waals surface area contributed by atoms with Gasteiger partial charge in [-0.2, -0.15) is 0 Å². The smallest absolute Gasteiger partial charge is 0.331 e. The summed E-state index contributed by atoms with van der Waals surface area (Å²) in [7, 11) is 2.83. The van der Waals surface area contributed by atoms with E-state index >= 15 is 0 Å². The second kappa shape index (κ2) is 6.05. The Bertz CT molecular complexity index is 213. The predicted molar refractivity (Wildman–Crippen MR) is 47.8 cm³/mol. The topological polar surface area (TPSA) is 67.4 Å². The fraction of sp³-hybridized carbons (Fsp3) is 0.500. The minimum atomic E-state index is -0.461. The van der Waals surface area contributed by atoms with Gasteiger partial charge in [0, 0.05) is 19.3 Å². The predicted octanol–water partition coefficient (Wildman–Crippen LogP) is -0.603. The third-order valence-corrected chi connectivity index (χ3v) is 1.41. The van der Waals surface area contributed by atoms with Gasteiger partial charge in [0.15, 0.2) is 0 Å². The van der Waals surface area contributed by atoms with Gasteiger partial charge < -0.3 is 15.4 Å². The van der Waals surface area contributed by atoms with Crippen molar-refractivity contribution in [3.05, 3.63) is 12.3 Å². The third-order valence-electron chi connectivity index (χ3n) is 1.41. The standard InChI is InChI=1S/C8H14N2O3/c1-6(8(12)9-2)10-5-4-7(11)13-3/h4-6,10H,1-3H3,(H,9,12)/b5-4+. The summed E-state index contributed by atoms with van der Waals surface area (Å²) < 4.78 is 4.35. The van der Waals surface area contributed by atoms with Crippen LogP contribution in [-0.2, 0) is 14.3 Å². The van der Waals surface area contributed by atoms with Crippen molar-refractivity contribution < 1.29 is 14.3 Å². The number of likely N-dealkylation sites (N-methyl/N-ethyl adjacent to an activating group) is 1. The van der Waals surface area contributed by atoms with Crippen LogP contribution < -0.4 is 10.6 Å². The number of carbonyl (C=O) groups is 2. The maximum absolute atomic E-state index is 10.9. The van der Waals surface area contributed by atoms with Gasteiger partial charge in [0.1, 0.15) is 6.04 Å². The first-order valence-electron chi connectivity index (χ1n) is 3.84. The summed E-state index contributed by atoms with van der Waals surface area (Å²) in [4.78, 5) is 21.5. The molecule has 0 aromatic carbocycles. The summed E-state index contributed by atoms with van der Waals surface area (Å²) in [5.41, 5.74) is 0. The second-order valence-electron chi connectivity index (χ2n) is 2.36. The van der Waals surface area contributed by atoms with Gasteiger partial charge in [0.05, 0.1) is 7.11 Å². The number of nitrogens with one attached hydrogen (secondary N) is 2. The molecule has 0 radical (unpaired) electrons. The van der Waals surface area contributed by atoms with Gasteiger partial charge in [-0.15, -0.1) is 0 Å². The van der Waals surface area contributed by atoms with Gasteiger partial charge in [-0.05, 0) is 6.92 Å². The Morgan fingerprint density at radius 1 is 1.46 bits per heavy atom. The molecular weight excluding hydrogens is 172 g/mol. The van der Waals surface area contributed by atoms with Crippen LogP contribution in [0, 0.1) is 0 Å². The highest BCUT2D eigenvalue weighted by Gasteiger charge is 2.06. The van der Waals surface area contributed by atoms with Crippen molar-refractivity contribution in [2.24, 2.45) is 0 Å². The molecule has 0 aliphatic carbocycles. The number of rotatable bonds is 4. The minimum Gasteiger partial charge on any atom is -0.466 e. The van der Waals surface area contributed by atoms with Crippen molar-refractivity contribution in [3.63, 3.8) is 0 Å². The third kappa shape index (κ3) is 4.84. The van der Waals surface area contributed by atoms with Crippen LogP contribution in [0.4, 0.5) is 0 Å². The zero-order chi connectivity index (χ0) is 10.3. The summed E-state index contributed by atoms with van der Waals surface area (Å²) >= 11 is 0. The zero-order valence-electron chi connectivity index (χ0n) is 7.96. The summed E-state index contributed by atoms with van der Waals surface area (Å²) in [6, 6.07) is -0.370. The van der Waals surface area contributed by atoms with Crippen LogP contribution in [-0.4, -0.2) is 32.1 Å². The molecule has 0 saturated carbocycles. The van der Waals surface area contributed by atoms with E-state index in [1.165, 1.54) is 19.4 Å². The van der Waals surface area contributed by atoms with Crippen LogP contribution >= 0.6 is 0 Å². The molecule has 1 unspecified atom stereocenters. The van der Waals surface area contributed by atoms with Gasteiger partial charge in [0.2, 0.25) is 5.91 Å². The molecule has 0 fully saturated rings. The zero-order valence-corrected chi connectivity index (χ0v) is 7.96. The minimum absolute atomic E-state index is 0.144. The molecule has 5 heteroatoms. The number of ether oxygens (including phenoxy) is 1. The number of carbonyl (C=O) groups excluding carboxylic acids is 2. The van der Waals surface area contributed by atoms with Crippen molar-refractivity contribution in [3.8, 4) is 0 Å². The summed E-state index contributed by atoms with van der Waals surface area (Å²) in [5.74, 6) is -0.605. The molecule has 13 heavy (non-hydrogen) atoms. The highest BCUT2D eigenvalue weighted by atomic mass is 16.5. The summed E-state index contributed by atoms with van der Waals surface area (Å²) in [5, 5.41) is 5.17. The molecule has 2 N–H and O–H groups in total. The van der Waals surface area contributed by atoms with E-state index in [1.807, 2.05) is 0 Å². The largest absolute Gasteiger partial charge is 0.466 e. The molecule has 1 amide bonds. The molecule has 0 spiro atoms. The summed E-state index contributed by atoms with van der Waals surface area (Å²) in [6.07, 6.45) is 2.59. The molecule has 0 aromatic rings. The molecule has 0 rings (SSSR count). The van der Waals surface area contributed by atoms with Gasteiger partial charge in [0.25, 0.3) is 0 Å². The Labute approximate surface area is 77.1 Å². The Kier molecular flexibility index (Phi) is 5.34. The van der Waals surface area contributed by atoms with Crippen molar-refractivity contribution >= 4 is 11.9 Å². The first-order valence-corrected chi connectivity index (χ1v) is 3.84. The van der Waals surface area contributed by atoms with Crippen molar-refractivity contribution in [2.45, 2.75) is 13.0 Å². The molecule has 0 aromatic heterocycles. The first kappa shape index (κ1) is 11.5. The average Bonchev–Trinajstić information content (AvgIpc) is 2.15. The second-order valence-corrected chi connectivity index (χ2v) is 2.36. The Morgan fingerprint density at radius 3 is 2.54 bits per heavy atom. The van der Waals surface area contributed by atoms with Gasteiger partial charge in [-0.1, -0.05) is 0 Å². The number of amides is 1. The molecule has 0 bridgehead atoms. The average molecular weight is 186 g/mol. The highest BCUT2D eigenvalue weighted by molar-refractivity contribution is 5.83. The molecule has 74 valence electrons. The summed E-state index contributed by atoms with van der Waals surface area (Å²) in [6.45, 7) is 1.68. The lowest BCUT2D eigenvalue weighted by atomic mass is 10.3. The van der Waals surface area contributed by atoms with Crippen LogP contribution in [0.3, 0.4) is 0 Å². The number of esters is 1. The fourth-order valence-corrected chi connectivity index (χ4v) is 0.621. The Morgan fingerprint density at radius 2 is 2.08 bits per heavy atom. The van der Waals surface area contributed by atoms with E-state index in [1.54, 1.807) is 14.0 Å². The molecule has 5 nitrogen and oxygen atoms in total. The van der Waals surface area contributed by atoms with Gasteiger partial charge in [-0.3, -0.25) is 4.79 Å². The van der Waals surface area contributed by atoms with Crippen LogP contribution in [0.1, 0.15) is 6.92 Å². The Hall–Kier alpha value is -1.52. The van der Waals surface area contributed by atoms with Crippen molar-refractivity contribution in [2.75, 3.05) is 14.2 Å².